The zero-order chi connectivity index (χ0) is 10.1. The van der Waals surface area contributed by atoms with Crippen molar-refractivity contribution in [2.45, 2.75) is 0 Å². The fraction of sp³-hybridized carbons (Fsp3) is 0. The SMILES string of the molecule is O=[N+]([O-])c1cnc2ncc(Br)cc2c1. The third kappa shape index (κ3) is 1.56. The largest absolute Gasteiger partial charge is 0.288 e. The van der Waals surface area contributed by atoms with Gasteiger partial charge in [-0.3, -0.25) is 10.1 Å². The molecule has 70 valence electrons. The Balaban J connectivity index is 2.69. The molecule has 0 N–H and O–H groups in total. The maximum absolute atomic E-state index is 10.5. The van der Waals surface area contributed by atoms with Crippen molar-refractivity contribution < 1.29 is 4.92 Å². The summed E-state index contributed by atoms with van der Waals surface area (Å²) in [7, 11) is 0. The third-order valence-corrected chi connectivity index (χ3v) is 2.13. The van der Waals surface area contributed by atoms with Gasteiger partial charge in [0.15, 0.2) is 5.65 Å². The predicted molar refractivity (Wildman–Crippen MR) is 53.9 cm³/mol. The lowest BCUT2D eigenvalue weighted by Crippen LogP contribution is -1.90. The van der Waals surface area contributed by atoms with E-state index >= 15 is 0 Å². The molecule has 0 aromatic carbocycles. The van der Waals surface area contributed by atoms with Crippen molar-refractivity contribution in [2.75, 3.05) is 0 Å². The van der Waals surface area contributed by atoms with Crippen LogP contribution in [0.25, 0.3) is 11.0 Å². The molecular formula is C8H4BrN3O2. The molecule has 0 fully saturated rings. The molecule has 0 radical (unpaired) electrons. The Kier molecular flexibility index (Phi) is 2.12. The van der Waals surface area contributed by atoms with E-state index in [2.05, 4.69) is 25.9 Å². The van der Waals surface area contributed by atoms with Gasteiger partial charge in [-0.1, -0.05) is 0 Å². The van der Waals surface area contributed by atoms with Crippen LogP contribution in [0.15, 0.2) is 29.0 Å². The number of pyridine rings is 2. The van der Waals surface area contributed by atoms with E-state index in [1.54, 1.807) is 12.3 Å². The molecule has 2 aromatic rings. The molecule has 2 rings (SSSR count). The van der Waals surface area contributed by atoms with E-state index in [4.69, 9.17) is 0 Å². The Morgan fingerprint density at radius 1 is 1.29 bits per heavy atom. The van der Waals surface area contributed by atoms with E-state index in [1.807, 2.05) is 0 Å². The molecule has 14 heavy (non-hydrogen) atoms. The molecule has 0 bridgehead atoms. The molecule has 0 aliphatic carbocycles. The van der Waals surface area contributed by atoms with E-state index < -0.39 is 4.92 Å². The molecule has 0 saturated heterocycles. The second-order valence-corrected chi connectivity index (χ2v) is 3.57. The minimum Gasteiger partial charge on any atom is -0.258 e. The number of rotatable bonds is 1. The van der Waals surface area contributed by atoms with Crippen LogP contribution < -0.4 is 0 Å². The van der Waals surface area contributed by atoms with Crippen LogP contribution in [0.1, 0.15) is 0 Å². The highest BCUT2D eigenvalue weighted by molar-refractivity contribution is 9.10. The van der Waals surface area contributed by atoms with E-state index in [0.29, 0.717) is 11.0 Å². The number of nitrogens with zero attached hydrogens (tertiary/aromatic N) is 3. The third-order valence-electron chi connectivity index (χ3n) is 1.70. The number of fused-ring (bicyclic) bond motifs is 1. The van der Waals surface area contributed by atoms with Crippen LogP contribution in [0.3, 0.4) is 0 Å². The monoisotopic (exact) mass is 253 g/mol. The summed E-state index contributed by atoms with van der Waals surface area (Å²) < 4.78 is 0.771. The number of halogens is 1. The first-order valence-corrected chi connectivity index (χ1v) is 4.52. The molecule has 0 aliphatic rings. The van der Waals surface area contributed by atoms with Crippen LogP contribution >= 0.6 is 15.9 Å². The van der Waals surface area contributed by atoms with Crippen LogP contribution in [0.2, 0.25) is 0 Å². The molecule has 5 nitrogen and oxygen atoms in total. The summed E-state index contributed by atoms with van der Waals surface area (Å²) in [5.41, 5.74) is 0.469. The Morgan fingerprint density at radius 2 is 2.00 bits per heavy atom. The van der Waals surface area contributed by atoms with Crippen LogP contribution in [0, 0.1) is 10.1 Å². The molecular weight excluding hydrogens is 250 g/mol. The molecule has 0 amide bonds. The number of hydrogen-bond acceptors (Lipinski definition) is 4. The van der Waals surface area contributed by atoms with Crippen LogP contribution in [-0.4, -0.2) is 14.9 Å². The van der Waals surface area contributed by atoms with Crippen LogP contribution in [0.5, 0.6) is 0 Å². The first-order chi connectivity index (χ1) is 6.66. The van der Waals surface area contributed by atoms with Crippen molar-refractivity contribution >= 4 is 32.7 Å². The highest BCUT2D eigenvalue weighted by Crippen LogP contribution is 2.19. The van der Waals surface area contributed by atoms with Gasteiger partial charge >= 0.3 is 0 Å². The van der Waals surface area contributed by atoms with Gasteiger partial charge in [-0.15, -0.1) is 0 Å². The first kappa shape index (κ1) is 9.01. The van der Waals surface area contributed by atoms with E-state index in [-0.39, 0.29) is 5.69 Å². The van der Waals surface area contributed by atoms with Crippen LogP contribution in [-0.2, 0) is 0 Å². The summed E-state index contributed by atoms with van der Waals surface area (Å²) in [5, 5.41) is 11.1. The fourth-order valence-electron chi connectivity index (χ4n) is 1.09. The summed E-state index contributed by atoms with van der Waals surface area (Å²) >= 11 is 3.23. The zero-order valence-electron chi connectivity index (χ0n) is 6.85. The first-order valence-electron chi connectivity index (χ1n) is 3.72. The highest BCUT2D eigenvalue weighted by Gasteiger charge is 2.07. The summed E-state index contributed by atoms with van der Waals surface area (Å²) in [6.07, 6.45) is 2.80. The van der Waals surface area contributed by atoms with Gasteiger partial charge in [0.05, 0.1) is 4.92 Å². The topological polar surface area (TPSA) is 68.9 Å². The Labute approximate surface area is 87.1 Å². The average molecular weight is 254 g/mol. The van der Waals surface area contributed by atoms with E-state index in [1.165, 1.54) is 12.3 Å². The lowest BCUT2D eigenvalue weighted by atomic mass is 10.3. The molecule has 0 atom stereocenters. The molecule has 2 heterocycles. The van der Waals surface area contributed by atoms with Crippen molar-refractivity contribution in [3.05, 3.63) is 39.1 Å². The minimum absolute atomic E-state index is 0.0302. The van der Waals surface area contributed by atoms with Gasteiger partial charge < -0.3 is 0 Å². The Morgan fingerprint density at radius 3 is 2.71 bits per heavy atom. The fourth-order valence-corrected chi connectivity index (χ4v) is 1.43. The molecule has 0 spiro atoms. The minimum atomic E-state index is -0.479. The molecule has 0 saturated carbocycles. The summed E-state index contributed by atoms with van der Waals surface area (Å²) in [4.78, 5) is 17.9. The smallest absolute Gasteiger partial charge is 0.258 e. The second-order valence-electron chi connectivity index (χ2n) is 2.65. The second kappa shape index (κ2) is 3.30. The lowest BCUT2D eigenvalue weighted by Gasteiger charge is -1.96. The van der Waals surface area contributed by atoms with Crippen molar-refractivity contribution in [3.63, 3.8) is 0 Å². The standard InChI is InChI=1S/C8H4BrN3O2/c9-6-1-5-2-7(12(13)14)4-11-8(5)10-3-6/h1-4H. The average Bonchev–Trinajstić information content (AvgIpc) is 2.16. The Bertz CT molecular complexity index is 515. The molecule has 6 heteroatoms. The van der Waals surface area contributed by atoms with Crippen molar-refractivity contribution in [2.24, 2.45) is 0 Å². The lowest BCUT2D eigenvalue weighted by molar-refractivity contribution is -0.385. The molecule has 2 aromatic heterocycles. The van der Waals surface area contributed by atoms with Crippen molar-refractivity contribution in [3.8, 4) is 0 Å². The normalized spacial score (nSPS) is 10.4. The van der Waals surface area contributed by atoms with E-state index in [9.17, 15) is 10.1 Å². The van der Waals surface area contributed by atoms with Gasteiger partial charge in [0.25, 0.3) is 5.69 Å². The Hall–Kier alpha value is -1.56. The van der Waals surface area contributed by atoms with Gasteiger partial charge in [-0.25, -0.2) is 9.97 Å². The van der Waals surface area contributed by atoms with Crippen molar-refractivity contribution in [1.82, 2.24) is 9.97 Å². The van der Waals surface area contributed by atoms with Gasteiger partial charge in [0.2, 0.25) is 0 Å². The predicted octanol–water partition coefficient (Wildman–Crippen LogP) is 2.30. The summed E-state index contributed by atoms with van der Waals surface area (Å²) in [6, 6.07) is 3.18. The number of nitro groups is 1. The van der Waals surface area contributed by atoms with Crippen LogP contribution in [0.4, 0.5) is 5.69 Å². The highest BCUT2D eigenvalue weighted by atomic mass is 79.9. The zero-order valence-corrected chi connectivity index (χ0v) is 8.43. The van der Waals surface area contributed by atoms with Gasteiger partial charge in [0.1, 0.15) is 6.20 Å². The van der Waals surface area contributed by atoms with Gasteiger partial charge in [-0.05, 0) is 22.0 Å². The molecule has 0 aliphatic heterocycles. The van der Waals surface area contributed by atoms with E-state index in [0.717, 1.165) is 4.47 Å². The maximum Gasteiger partial charge on any atom is 0.288 e. The number of hydrogen-bond donors (Lipinski definition) is 0. The summed E-state index contributed by atoms with van der Waals surface area (Å²) in [6.45, 7) is 0. The molecule has 0 unspecified atom stereocenters. The van der Waals surface area contributed by atoms with Gasteiger partial charge in [-0.2, -0.15) is 0 Å². The maximum atomic E-state index is 10.5. The summed E-state index contributed by atoms with van der Waals surface area (Å²) in [5.74, 6) is 0. The quantitative estimate of drug-likeness (QED) is 0.578. The van der Waals surface area contributed by atoms with Gasteiger partial charge in [0, 0.05) is 22.1 Å². The number of aromatic nitrogens is 2. The van der Waals surface area contributed by atoms with Crippen molar-refractivity contribution in [1.29, 1.82) is 0 Å².